The molecule has 2 N–H and O–H groups in total. The Morgan fingerprint density at radius 2 is 1.89 bits per heavy atom. The average Bonchev–Trinajstić information content (AvgIpc) is 2.36. The minimum absolute atomic E-state index is 0.0905. The van der Waals surface area contributed by atoms with Gasteiger partial charge in [0.2, 0.25) is 0 Å². The Morgan fingerprint density at radius 1 is 1.28 bits per heavy atom. The third-order valence-electron chi connectivity index (χ3n) is 3.56. The number of rotatable bonds is 4. The van der Waals surface area contributed by atoms with Crippen molar-refractivity contribution < 1.29 is 29.3 Å². The van der Waals surface area contributed by atoms with Gasteiger partial charge in [0.15, 0.2) is 0 Å². The molecule has 0 saturated heterocycles. The van der Waals surface area contributed by atoms with Crippen LogP contribution in [0.15, 0.2) is 12.2 Å². The maximum atomic E-state index is 11.5. The van der Waals surface area contributed by atoms with Gasteiger partial charge in [0, 0.05) is 5.57 Å². The lowest BCUT2D eigenvalue weighted by Crippen LogP contribution is -2.47. The van der Waals surface area contributed by atoms with Gasteiger partial charge < -0.3 is 14.9 Å². The van der Waals surface area contributed by atoms with Gasteiger partial charge in [-0.15, -0.1) is 0 Å². The van der Waals surface area contributed by atoms with E-state index in [1.165, 1.54) is 0 Å². The Morgan fingerprint density at radius 3 is 2.33 bits per heavy atom. The lowest BCUT2D eigenvalue weighted by molar-refractivity contribution is -0.164. The lowest BCUT2D eigenvalue weighted by Gasteiger charge is -2.38. The van der Waals surface area contributed by atoms with E-state index in [0.29, 0.717) is 12.8 Å². The second-order valence-corrected chi connectivity index (χ2v) is 4.38. The third-order valence-corrected chi connectivity index (χ3v) is 3.56. The minimum Gasteiger partial charge on any atom is -0.481 e. The number of hydrogen-bond acceptors (Lipinski definition) is 4. The predicted octanol–water partition coefficient (Wildman–Crippen LogP) is 1.06. The molecule has 0 aromatic heterocycles. The average molecular weight is 256 g/mol. The summed E-state index contributed by atoms with van der Waals surface area (Å²) in [6.45, 7) is 3.46. The van der Waals surface area contributed by atoms with Crippen molar-refractivity contribution in [3.63, 3.8) is 0 Å². The first-order valence-corrected chi connectivity index (χ1v) is 5.61. The molecule has 18 heavy (non-hydrogen) atoms. The summed E-state index contributed by atoms with van der Waals surface area (Å²) in [4.78, 5) is 34.3. The highest BCUT2D eigenvalue weighted by molar-refractivity contribution is 5.99. The predicted molar refractivity (Wildman–Crippen MR) is 60.8 cm³/mol. The molecule has 0 aromatic rings. The smallest absolute Gasteiger partial charge is 0.334 e. The van der Waals surface area contributed by atoms with E-state index in [2.05, 4.69) is 11.3 Å². The fourth-order valence-electron chi connectivity index (χ4n) is 2.56. The summed E-state index contributed by atoms with van der Waals surface area (Å²) >= 11 is 0. The molecule has 6 heteroatoms. The Hall–Kier alpha value is -1.85. The van der Waals surface area contributed by atoms with Gasteiger partial charge in [-0.3, -0.25) is 9.59 Å². The van der Waals surface area contributed by atoms with E-state index in [9.17, 15) is 19.5 Å². The molecule has 0 radical (unpaired) electrons. The Labute approximate surface area is 104 Å². The first kappa shape index (κ1) is 14.2. The van der Waals surface area contributed by atoms with Crippen molar-refractivity contribution >= 4 is 17.9 Å². The van der Waals surface area contributed by atoms with E-state index < -0.39 is 29.2 Å². The van der Waals surface area contributed by atoms with Crippen LogP contribution in [-0.2, 0) is 19.1 Å². The minimum atomic E-state index is -1.75. The molecule has 1 fully saturated rings. The maximum absolute atomic E-state index is 11.5. The second-order valence-electron chi connectivity index (χ2n) is 4.38. The molecule has 2 unspecified atom stereocenters. The summed E-state index contributed by atoms with van der Waals surface area (Å²) in [6.07, 6.45) is 1.48. The molecule has 0 bridgehead atoms. The summed E-state index contributed by atoms with van der Waals surface area (Å²) in [5, 5.41) is 18.6. The number of hydrogen-bond donors (Lipinski definition) is 2. The standard InChI is InChI=1S/C12H16O6/c1-7(10(15)18-2)12(11(16)17)6-4-3-5-8(12)9(13)14/h8H,1,3-6H2,2H3,(H,13,14)(H,16,17). The van der Waals surface area contributed by atoms with Gasteiger partial charge in [0.25, 0.3) is 0 Å². The van der Waals surface area contributed by atoms with Crippen LogP contribution in [0.4, 0.5) is 0 Å². The zero-order chi connectivity index (χ0) is 13.9. The van der Waals surface area contributed by atoms with Crippen molar-refractivity contribution in [2.75, 3.05) is 7.11 Å². The summed E-state index contributed by atoms with van der Waals surface area (Å²) in [7, 11) is 1.11. The Kier molecular flexibility index (Phi) is 4.11. The van der Waals surface area contributed by atoms with Crippen LogP contribution in [0.2, 0.25) is 0 Å². The quantitative estimate of drug-likeness (QED) is 0.576. The van der Waals surface area contributed by atoms with E-state index in [1.54, 1.807) is 0 Å². The van der Waals surface area contributed by atoms with Crippen molar-refractivity contribution in [3.8, 4) is 0 Å². The van der Waals surface area contributed by atoms with Crippen LogP contribution in [0, 0.1) is 11.3 Å². The number of carboxylic acids is 2. The summed E-state index contributed by atoms with van der Waals surface area (Å²) in [5.74, 6) is -4.56. The molecule has 1 aliphatic carbocycles. The van der Waals surface area contributed by atoms with E-state index in [0.717, 1.165) is 7.11 Å². The molecular formula is C12H16O6. The molecular weight excluding hydrogens is 240 g/mol. The number of ether oxygens (including phenoxy) is 1. The van der Waals surface area contributed by atoms with Crippen LogP contribution in [0.25, 0.3) is 0 Å². The van der Waals surface area contributed by atoms with Crippen LogP contribution in [-0.4, -0.2) is 35.2 Å². The van der Waals surface area contributed by atoms with Crippen LogP contribution < -0.4 is 0 Å². The first-order valence-electron chi connectivity index (χ1n) is 5.61. The monoisotopic (exact) mass is 256 g/mol. The normalized spacial score (nSPS) is 27.3. The molecule has 0 aromatic carbocycles. The second kappa shape index (κ2) is 5.20. The zero-order valence-electron chi connectivity index (χ0n) is 10.1. The molecule has 0 aliphatic heterocycles. The number of carboxylic acid groups (broad SMARTS) is 2. The molecule has 0 amide bonds. The Bertz CT molecular complexity index is 399. The van der Waals surface area contributed by atoms with Gasteiger partial charge in [-0.2, -0.15) is 0 Å². The summed E-state index contributed by atoms with van der Waals surface area (Å²) < 4.78 is 4.47. The molecule has 1 saturated carbocycles. The highest BCUT2D eigenvalue weighted by atomic mass is 16.5. The van der Waals surface area contributed by atoms with Gasteiger partial charge in [0.1, 0.15) is 5.41 Å². The fourth-order valence-corrected chi connectivity index (χ4v) is 2.56. The van der Waals surface area contributed by atoms with E-state index >= 15 is 0 Å². The molecule has 2 atom stereocenters. The van der Waals surface area contributed by atoms with Crippen LogP contribution in [0.5, 0.6) is 0 Å². The van der Waals surface area contributed by atoms with E-state index in [1.807, 2.05) is 0 Å². The highest BCUT2D eigenvalue weighted by Gasteiger charge is 2.54. The van der Waals surface area contributed by atoms with Gasteiger partial charge in [-0.05, 0) is 12.8 Å². The van der Waals surface area contributed by atoms with Crippen molar-refractivity contribution in [2.45, 2.75) is 25.7 Å². The number of methoxy groups -OCH3 is 1. The lowest BCUT2D eigenvalue weighted by atomic mass is 9.62. The number of carbonyl (C=O) groups is 3. The molecule has 0 heterocycles. The summed E-state index contributed by atoms with van der Waals surface area (Å²) in [6, 6.07) is 0. The van der Waals surface area contributed by atoms with Gasteiger partial charge >= 0.3 is 17.9 Å². The molecule has 100 valence electrons. The number of carbonyl (C=O) groups excluding carboxylic acids is 1. The molecule has 0 spiro atoms. The van der Waals surface area contributed by atoms with Crippen LogP contribution in [0.1, 0.15) is 25.7 Å². The van der Waals surface area contributed by atoms with Crippen LogP contribution in [0.3, 0.4) is 0 Å². The van der Waals surface area contributed by atoms with Gasteiger partial charge in [-0.1, -0.05) is 19.4 Å². The van der Waals surface area contributed by atoms with Crippen LogP contribution >= 0.6 is 0 Å². The van der Waals surface area contributed by atoms with E-state index in [-0.39, 0.29) is 18.4 Å². The molecule has 1 aliphatic rings. The highest BCUT2D eigenvalue weighted by Crippen LogP contribution is 2.47. The Balaban J connectivity index is 3.27. The van der Waals surface area contributed by atoms with Crippen molar-refractivity contribution in [1.82, 2.24) is 0 Å². The van der Waals surface area contributed by atoms with Gasteiger partial charge in [0.05, 0.1) is 13.0 Å². The number of esters is 1. The van der Waals surface area contributed by atoms with Gasteiger partial charge in [-0.25, -0.2) is 4.79 Å². The largest absolute Gasteiger partial charge is 0.481 e. The number of aliphatic carboxylic acids is 2. The topological polar surface area (TPSA) is 101 Å². The fraction of sp³-hybridized carbons (Fsp3) is 0.583. The van der Waals surface area contributed by atoms with Crippen molar-refractivity contribution in [3.05, 3.63) is 12.2 Å². The molecule has 6 nitrogen and oxygen atoms in total. The van der Waals surface area contributed by atoms with Crippen molar-refractivity contribution in [1.29, 1.82) is 0 Å². The van der Waals surface area contributed by atoms with Crippen molar-refractivity contribution in [2.24, 2.45) is 11.3 Å². The first-order chi connectivity index (χ1) is 8.37. The molecule has 1 rings (SSSR count). The van der Waals surface area contributed by atoms with E-state index in [4.69, 9.17) is 5.11 Å². The zero-order valence-corrected chi connectivity index (χ0v) is 10.1. The maximum Gasteiger partial charge on any atom is 0.334 e. The SMILES string of the molecule is C=C(C(=O)OC)C1(C(=O)O)CCCCC1C(=O)O. The third kappa shape index (κ3) is 2.10. The summed E-state index contributed by atoms with van der Waals surface area (Å²) in [5.41, 5.74) is -2.04.